The van der Waals surface area contributed by atoms with E-state index in [-0.39, 0.29) is 5.97 Å². The first-order chi connectivity index (χ1) is 9.76. The molecule has 2 aliphatic heterocycles. The lowest BCUT2D eigenvalue weighted by molar-refractivity contribution is -0.150. The summed E-state index contributed by atoms with van der Waals surface area (Å²) >= 11 is 0. The van der Waals surface area contributed by atoms with Gasteiger partial charge in [0, 0.05) is 18.6 Å². The number of nitrogens with zero attached hydrogens (tertiary/aromatic N) is 1. The van der Waals surface area contributed by atoms with Crippen molar-refractivity contribution in [1.82, 2.24) is 10.2 Å². The van der Waals surface area contributed by atoms with Crippen LogP contribution in [-0.2, 0) is 9.53 Å². The molecule has 1 N–H and O–H groups in total. The number of rotatable bonds is 3. The summed E-state index contributed by atoms with van der Waals surface area (Å²) in [4.78, 5) is 15.1. The normalized spacial score (nSPS) is 35.8. The standard InChI is InChI=1S/C16H28N2O2/c1-20-15(19)16(17-13-7-3-2-4-8-13)10-12-18-11-6-5-9-14(16)18/h13-14,17H,2-12H2,1H3. The van der Waals surface area contributed by atoms with Crippen LogP contribution in [0.4, 0.5) is 0 Å². The minimum atomic E-state index is -0.433. The van der Waals surface area contributed by atoms with Crippen LogP contribution in [0.5, 0.6) is 0 Å². The van der Waals surface area contributed by atoms with Crippen molar-refractivity contribution < 1.29 is 9.53 Å². The Kier molecular flexibility index (Phi) is 4.32. The largest absolute Gasteiger partial charge is 0.468 e. The zero-order valence-corrected chi connectivity index (χ0v) is 12.7. The van der Waals surface area contributed by atoms with Gasteiger partial charge in [0.2, 0.25) is 0 Å². The van der Waals surface area contributed by atoms with Gasteiger partial charge in [-0.2, -0.15) is 0 Å². The lowest BCUT2D eigenvalue weighted by Gasteiger charge is -2.42. The van der Waals surface area contributed by atoms with E-state index in [0.29, 0.717) is 12.1 Å². The maximum absolute atomic E-state index is 12.6. The molecular formula is C16H28N2O2. The molecule has 3 rings (SSSR count). The number of ether oxygens (including phenoxy) is 1. The Bertz CT molecular complexity index is 354. The SMILES string of the molecule is COC(=O)C1(NC2CCCCC2)CCN2CCCCC21. The van der Waals surface area contributed by atoms with Gasteiger partial charge in [0.25, 0.3) is 0 Å². The van der Waals surface area contributed by atoms with Crippen LogP contribution in [0.25, 0.3) is 0 Å². The molecular weight excluding hydrogens is 252 g/mol. The predicted molar refractivity (Wildman–Crippen MR) is 78.6 cm³/mol. The third-order valence-electron chi connectivity index (χ3n) is 5.59. The molecule has 0 aromatic rings. The van der Waals surface area contributed by atoms with Gasteiger partial charge in [-0.25, -0.2) is 4.79 Å². The van der Waals surface area contributed by atoms with Crippen molar-refractivity contribution in [3.05, 3.63) is 0 Å². The highest BCUT2D eigenvalue weighted by Crippen LogP contribution is 2.37. The van der Waals surface area contributed by atoms with Crippen LogP contribution in [0.2, 0.25) is 0 Å². The first kappa shape index (κ1) is 14.3. The Morgan fingerprint density at radius 2 is 1.85 bits per heavy atom. The number of nitrogens with one attached hydrogen (secondary N) is 1. The smallest absolute Gasteiger partial charge is 0.327 e. The number of piperidine rings is 1. The maximum Gasteiger partial charge on any atom is 0.327 e. The molecule has 20 heavy (non-hydrogen) atoms. The van der Waals surface area contributed by atoms with Crippen molar-refractivity contribution in [1.29, 1.82) is 0 Å². The van der Waals surface area contributed by atoms with E-state index in [1.165, 1.54) is 52.1 Å². The van der Waals surface area contributed by atoms with E-state index in [2.05, 4.69) is 10.2 Å². The minimum absolute atomic E-state index is 0.0301. The summed E-state index contributed by atoms with van der Waals surface area (Å²) in [6.07, 6.45) is 10.9. The van der Waals surface area contributed by atoms with Crippen molar-refractivity contribution in [2.45, 2.75) is 75.4 Å². The molecule has 0 radical (unpaired) electrons. The number of methoxy groups -OCH3 is 1. The quantitative estimate of drug-likeness (QED) is 0.804. The van der Waals surface area contributed by atoms with Crippen molar-refractivity contribution in [3.8, 4) is 0 Å². The van der Waals surface area contributed by atoms with Gasteiger partial charge in [0.15, 0.2) is 0 Å². The molecule has 0 bridgehead atoms. The Morgan fingerprint density at radius 1 is 1.10 bits per heavy atom. The minimum Gasteiger partial charge on any atom is -0.468 e. The first-order valence-electron chi connectivity index (χ1n) is 8.36. The first-order valence-corrected chi connectivity index (χ1v) is 8.36. The van der Waals surface area contributed by atoms with Gasteiger partial charge in [-0.1, -0.05) is 25.7 Å². The van der Waals surface area contributed by atoms with Crippen LogP contribution in [0, 0.1) is 0 Å². The predicted octanol–water partition coefficient (Wildman–Crippen LogP) is 2.08. The Morgan fingerprint density at radius 3 is 2.60 bits per heavy atom. The zero-order valence-electron chi connectivity index (χ0n) is 12.7. The van der Waals surface area contributed by atoms with Gasteiger partial charge >= 0.3 is 5.97 Å². The highest BCUT2D eigenvalue weighted by atomic mass is 16.5. The lowest BCUT2D eigenvalue weighted by atomic mass is 9.83. The van der Waals surface area contributed by atoms with Crippen molar-refractivity contribution in [2.75, 3.05) is 20.2 Å². The van der Waals surface area contributed by atoms with Crippen LogP contribution in [0.15, 0.2) is 0 Å². The molecule has 0 aromatic carbocycles. The molecule has 2 atom stereocenters. The fourth-order valence-electron chi connectivity index (χ4n) is 4.56. The van der Waals surface area contributed by atoms with Crippen LogP contribution in [0.3, 0.4) is 0 Å². The van der Waals surface area contributed by atoms with E-state index >= 15 is 0 Å². The van der Waals surface area contributed by atoms with E-state index in [0.717, 1.165) is 25.9 Å². The summed E-state index contributed by atoms with van der Waals surface area (Å²) in [6.45, 7) is 2.19. The molecule has 0 spiro atoms. The van der Waals surface area contributed by atoms with Crippen LogP contribution >= 0.6 is 0 Å². The molecule has 2 saturated heterocycles. The molecule has 3 aliphatic rings. The third kappa shape index (κ3) is 2.48. The molecule has 1 saturated carbocycles. The van der Waals surface area contributed by atoms with E-state index < -0.39 is 5.54 Å². The summed E-state index contributed by atoms with van der Waals surface area (Å²) in [7, 11) is 1.54. The number of carbonyl (C=O) groups excluding carboxylic acids is 1. The van der Waals surface area contributed by atoms with Gasteiger partial charge in [-0.3, -0.25) is 10.2 Å². The maximum atomic E-state index is 12.6. The van der Waals surface area contributed by atoms with E-state index in [1.807, 2.05) is 0 Å². The van der Waals surface area contributed by atoms with Crippen molar-refractivity contribution in [3.63, 3.8) is 0 Å². The molecule has 2 heterocycles. The van der Waals surface area contributed by atoms with Gasteiger partial charge in [0.05, 0.1) is 7.11 Å². The monoisotopic (exact) mass is 280 g/mol. The molecule has 4 nitrogen and oxygen atoms in total. The van der Waals surface area contributed by atoms with Gasteiger partial charge in [-0.05, 0) is 38.6 Å². The molecule has 1 aliphatic carbocycles. The topological polar surface area (TPSA) is 41.6 Å². The molecule has 3 fully saturated rings. The lowest BCUT2D eigenvalue weighted by Crippen LogP contribution is -2.64. The second-order valence-electron chi connectivity index (χ2n) is 6.74. The summed E-state index contributed by atoms with van der Waals surface area (Å²) < 4.78 is 5.20. The number of hydrogen-bond acceptors (Lipinski definition) is 4. The van der Waals surface area contributed by atoms with Crippen LogP contribution in [0.1, 0.15) is 57.8 Å². The van der Waals surface area contributed by atoms with E-state index in [4.69, 9.17) is 4.74 Å². The average molecular weight is 280 g/mol. The van der Waals surface area contributed by atoms with E-state index in [1.54, 1.807) is 0 Å². The fourth-order valence-corrected chi connectivity index (χ4v) is 4.56. The Hall–Kier alpha value is -0.610. The average Bonchev–Trinajstić information content (AvgIpc) is 2.88. The number of carbonyl (C=O) groups is 1. The van der Waals surface area contributed by atoms with Crippen molar-refractivity contribution in [2.24, 2.45) is 0 Å². The molecule has 0 amide bonds. The summed E-state index contributed by atoms with van der Waals surface area (Å²) in [5.74, 6) is -0.0301. The zero-order chi connectivity index (χ0) is 14.0. The highest BCUT2D eigenvalue weighted by Gasteiger charge is 2.54. The third-order valence-corrected chi connectivity index (χ3v) is 5.59. The Balaban J connectivity index is 1.79. The number of fused-ring (bicyclic) bond motifs is 1. The highest BCUT2D eigenvalue weighted by molar-refractivity contribution is 5.82. The molecule has 114 valence electrons. The van der Waals surface area contributed by atoms with Crippen LogP contribution < -0.4 is 5.32 Å². The van der Waals surface area contributed by atoms with Gasteiger partial charge in [0.1, 0.15) is 5.54 Å². The number of esters is 1. The van der Waals surface area contributed by atoms with Gasteiger partial charge < -0.3 is 4.74 Å². The molecule has 0 aromatic heterocycles. The summed E-state index contributed by atoms with van der Waals surface area (Å²) in [5, 5.41) is 3.76. The second-order valence-corrected chi connectivity index (χ2v) is 6.74. The van der Waals surface area contributed by atoms with Gasteiger partial charge in [-0.15, -0.1) is 0 Å². The summed E-state index contributed by atoms with van der Waals surface area (Å²) in [5.41, 5.74) is -0.433. The Labute approximate surface area is 122 Å². The van der Waals surface area contributed by atoms with E-state index in [9.17, 15) is 4.79 Å². The second kappa shape index (κ2) is 6.02. The summed E-state index contributed by atoms with van der Waals surface area (Å²) in [6, 6.07) is 0.857. The number of hydrogen-bond donors (Lipinski definition) is 1. The van der Waals surface area contributed by atoms with Crippen molar-refractivity contribution >= 4 is 5.97 Å². The molecule has 4 heteroatoms. The van der Waals surface area contributed by atoms with Crippen LogP contribution in [-0.4, -0.2) is 48.7 Å². The molecule has 2 unspecified atom stereocenters. The fraction of sp³-hybridized carbons (Fsp3) is 0.938.